The van der Waals surface area contributed by atoms with Crippen LogP contribution in [0.1, 0.15) is 70.8 Å². The second-order valence-corrected chi connectivity index (χ2v) is 31.9. The van der Waals surface area contributed by atoms with Crippen LogP contribution in [0.5, 0.6) is 34.5 Å². The van der Waals surface area contributed by atoms with Crippen LogP contribution in [-0.2, 0) is 103 Å². The number of aromatic nitrogens is 3. The summed E-state index contributed by atoms with van der Waals surface area (Å²) in [7, 11) is -6.02. The standard InChI is InChI=1S/2C27H27N3O6S.C25H22N2O5.C2H7NO2S/c2*1-3-37(32,33)29-26(31)22-15-20-19(16-30(22)27-28-21-11-7-8-12-23(21)36-27)13-14-24(34-2)25(20)35-17-18-9-5-4-6-10-18;1-30-22-12-11-17-14-27(25-26-19-9-5-6-10-21(19)32-25)20(24(28)29)13-18(17)23(22)31-15-16-7-3-2-4-8-16;1-2-6(3,4)5/h2*4-14,22H,3,15-17H2,1-2H3,(H,29,31);2-12,20H,13-15H2,1H3,(H,28,29);2H2,1H3,(H2,3,4,5). The van der Waals surface area contributed by atoms with Crippen molar-refractivity contribution in [1.82, 2.24) is 24.4 Å². The number of para-hydroxylation sites is 6. The molecule has 3 atom stereocenters. The maximum atomic E-state index is 13.4. The smallest absolute Gasteiger partial charge is 0.326 e. The van der Waals surface area contributed by atoms with E-state index in [9.17, 15) is 44.7 Å². The van der Waals surface area contributed by atoms with Crippen molar-refractivity contribution >= 4 is 99.2 Å². The third-order valence-electron chi connectivity index (χ3n) is 18.8. The first-order chi connectivity index (χ1) is 54.0. The number of methoxy groups -OCH3 is 3. The predicted molar refractivity (Wildman–Crippen MR) is 421 cm³/mol. The third-order valence-corrected chi connectivity index (χ3v) is 22.1. The molecule has 0 fully saturated rings. The molecular formula is C81H83N9O19S3. The zero-order chi connectivity index (χ0) is 79.3. The molecule has 15 rings (SSSR count). The predicted octanol–water partition coefficient (Wildman–Crippen LogP) is 11.4. The van der Waals surface area contributed by atoms with Crippen LogP contribution in [0.2, 0.25) is 0 Å². The van der Waals surface area contributed by atoms with Gasteiger partial charge in [-0.3, -0.25) is 19.0 Å². The number of carboxylic acids is 1. The van der Waals surface area contributed by atoms with E-state index in [1.165, 1.54) is 20.8 Å². The van der Waals surface area contributed by atoms with Gasteiger partial charge in [-0.15, -0.1) is 0 Å². The van der Waals surface area contributed by atoms with Crippen molar-refractivity contribution in [1.29, 1.82) is 0 Å². The molecule has 28 nitrogen and oxygen atoms in total. The first kappa shape index (κ1) is 79.4. The number of carboxylic acid groups (broad SMARTS) is 1. The van der Waals surface area contributed by atoms with E-state index in [0.717, 1.165) is 50.1 Å². The van der Waals surface area contributed by atoms with Crippen molar-refractivity contribution in [3.05, 3.63) is 250 Å². The highest BCUT2D eigenvalue weighted by Crippen LogP contribution is 2.44. The van der Waals surface area contributed by atoms with Gasteiger partial charge in [0, 0.05) is 55.6 Å². The number of hydrogen-bond donors (Lipinski definition) is 4. The van der Waals surface area contributed by atoms with Gasteiger partial charge in [-0.2, -0.15) is 15.0 Å². The summed E-state index contributed by atoms with van der Waals surface area (Å²) in [5, 5.41) is 14.5. The van der Waals surface area contributed by atoms with E-state index in [4.69, 9.17) is 41.7 Å². The summed E-state index contributed by atoms with van der Waals surface area (Å²) in [4.78, 5) is 57.6. The molecule has 6 heterocycles. The number of primary sulfonamides is 1. The molecule has 0 bridgehead atoms. The highest BCUT2D eigenvalue weighted by atomic mass is 32.2. The fourth-order valence-corrected chi connectivity index (χ4v) is 14.0. The van der Waals surface area contributed by atoms with Crippen LogP contribution < -0.4 is 57.7 Å². The number of oxazole rings is 3. The number of anilines is 3. The monoisotopic (exact) mass is 1580 g/mol. The zero-order valence-electron chi connectivity index (χ0n) is 62.1. The molecule has 3 aliphatic heterocycles. The first-order valence-electron chi connectivity index (χ1n) is 35.7. The number of fused-ring (bicyclic) bond motifs is 6. The van der Waals surface area contributed by atoms with Crippen molar-refractivity contribution < 1.29 is 86.4 Å². The number of aliphatic carboxylic acids is 1. The number of benzene rings is 9. The molecule has 2 amide bonds. The van der Waals surface area contributed by atoms with E-state index < -0.39 is 66.0 Å². The van der Waals surface area contributed by atoms with E-state index in [0.29, 0.717) is 100 Å². The lowest BCUT2D eigenvalue weighted by Crippen LogP contribution is -2.52. The number of ether oxygens (including phenoxy) is 6. The van der Waals surface area contributed by atoms with Crippen LogP contribution >= 0.6 is 0 Å². The van der Waals surface area contributed by atoms with Gasteiger partial charge >= 0.3 is 5.97 Å². The van der Waals surface area contributed by atoms with Crippen molar-refractivity contribution in [3.8, 4) is 34.5 Å². The van der Waals surface area contributed by atoms with Crippen molar-refractivity contribution in [3.63, 3.8) is 0 Å². The minimum absolute atomic E-state index is 0.0208. The number of sulfonamides is 3. The molecule has 31 heteroatoms. The number of nitrogens with two attached hydrogens (primary N) is 1. The molecule has 0 radical (unpaired) electrons. The Morgan fingerprint density at radius 3 is 0.964 bits per heavy atom. The largest absolute Gasteiger partial charge is 0.493 e. The minimum Gasteiger partial charge on any atom is -0.493 e. The summed E-state index contributed by atoms with van der Waals surface area (Å²) < 4.78 is 126. The second-order valence-electron chi connectivity index (χ2n) is 26.0. The van der Waals surface area contributed by atoms with Crippen LogP contribution in [0.15, 0.2) is 213 Å². The lowest BCUT2D eigenvalue weighted by atomic mass is 9.92. The Morgan fingerprint density at radius 2 is 0.696 bits per heavy atom. The lowest BCUT2D eigenvalue weighted by molar-refractivity contribution is -0.138. The zero-order valence-corrected chi connectivity index (χ0v) is 64.5. The summed E-state index contributed by atoms with van der Waals surface area (Å²) in [6, 6.07) is 60.6. The van der Waals surface area contributed by atoms with E-state index in [2.05, 4.69) is 29.5 Å². The fourth-order valence-electron chi connectivity index (χ4n) is 12.8. The Morgan fingerprint density at radius 1 is 0.420 bits per heavy atom. The molecular weight excluding hydrogens is 1500 g/mol. The Bertz CT molecular complexity index is 5360. The average Bonchev–Trinajstić information content (AvgIpc) is 1.24. The maximum absolute atomic E-state index is 13.4. The topological polar surface area (TPSA) is 367 Å². The van der Waals surface area contributed by atoms with Gasteiger partial charge < -0.3 is 61.5 Å². The molecule has 0 spiro atoms. The van der Waals surface area contributed by atoms with Gasteiger partial charge in [0.2, 0.25) is 30.1 Å². The van der Waals surface area contributed by atoms with Gasteiger partial charge in [-0.05, 0) is 109 Å². The fraction of sp³-hybridized carbons (Fsp3) is 0.259. The van der Waals surface area contributed by atoms with Gasteiger partial charge in [-0.1, -0.05) is 146 Å². The van der Waals surface area contributed by atoms with E-state index in [1.54, 1.807) is 48.2 Å². The molecule has 3 aromatic heterocycles. The second kappa shape index (κ2) is 35.2. The minimum atomic E-state index is -3.78. The van der Waals surface area contributed by atoms with E-state index in [-0.39, 0.29) is 61.6 Å². The molecule has 3 aliphatic rings. The quantitative estimate of drug-likeness (QED) is 0.0462. The van der Waals surface area contributed by atoms with Crippen LogP contribution in [0, 0.1) is 0 Å². The van der Waals surface area contributed by atoms with Gasteiger partial charge in [0.1, 0.15) is 54.5 Å². The Hall–Kier alpha value is -12.2. The molecule has 0 aliphatic carbocycles. The van der Waals surface area contributed by atoms with Gasteiger partial charge in [-0.25, -0.2) is 35.2 Å². The average molecular weight is 1580 g/mol. The summed E-state index contributed by atoms with van der Waals surface area (Å²) in [6.45, 7) is 6.29. The van der Waals surface area contributed by atoms with Crippen LogP contribution in [-0.4, -0.2) is 120 Å². The van der Waals surface area contributed by atoms with Crippen molar-refractivity contribution in [2.24, 2.45) is 5.14 Å². The van der Waals surface area contributed by atoms with Gasteiger partial charge in [0.15, 0.2) is 51.2 Å². The summed E-state index contributed by atoms with van der Waals surface area (Å²) >= 11 is 0. The molecule has 0 saturated heterocycles. The number of hydrogen-bond acceptors (Lipinski definition) is 24. The number of amides is 2. The molecule has 112 heavy (non-hydrogen) atoms. The summed E-state index contributed by atoms with van der Waals surface area (Å²) in [5.74, 6) is 0.593. The van der Waals surface area contributed by atoms with E-state index >= 15 is 0 Å². The van der Waals surface area contributed by atoms with E-state index in [1.807, 2.05) is 188 Å². The molecule has 12 aromatic rings. The molecule has 584 valence electrons. The van der Waals surface area contributed by atoms with Crippen LogP contribution in [0.25, 0.3) is 33.3 Å². The summed E-state index contributed by atoms with van der Waals surface area (Å²) in [6.07, 6.45) is 0.575. The Kier molecular flexibility index (Phi) is 25.0. The maximum Gasteiger partial charge on any atom is 0.326 e. The molecule has 5 N–H and O–H groups in total. The molecule has 3 unspecified atom stereocenters. The van der Waals surface area contributed by atoms with Crippen molar-refractivity contribution in [2.45, 2.75) is 97.6 Å². The number of carbonyl (C=O) groups is 3. The number of nitrogens with one attached hydrogen (secondary N) is 2. The molecule has 0 saturated carbocycles. The van der Waals surface area contributed by atoms with Gasteiger partial charge in [0.05, 0.1) is 38.6 Å². The third kappa shape index (κ3) is 19.0. The SMILES string of the molecule is CCS(=O)(=O)NC(=O)C1Cc2c(ccc(OC)c2OCc2ccccc2)CN1c1nc2ccccc2o1.CCS(=O)(=O)NC(=O)C1Cc2c(ccc(OC)c2OCc2ccccc2)CN1c1nc2ccccc2o1.CCS(N)(=O)=O.COc1ccc2c(c1OCc1ccccc1)CC(C(=O)O)N(c1nc3ccccc3o1)C2. The van der Waals surface area contributed by atoms with Gasteiger partial charge in [0.25, 0.3) is 29.9 Å². The Labute approximate surface area is 647 Å². The van der Waals surface area contributed by atoms with Crippen molar-refractivity contribution in [2.75, 3.05) is 53.3 Å². The van der Waals surface area contributed by atoms with Crippen LogP contribution in [0.4, 0.5) is 18.0 Å². The number of nitrogens with zero attached hydrogens (tertiary/aromatic N) is 6. The first-order valence-corrected chi connectivity index (χ1v) is 40.7. The Balaban J connectivity index is 0.000000150. The summed E-state index contributed by atoms with van der Waals surface area (Å²) in [5.41, 5.74) is 11.9. The number of rotatable bonds is 23. The highest BCUT2D eigenvalue weighted by Gasteiger charge is 2.41. The van der Waals surface area contributed by atoms with Crippen LogP contribution in [0.3, 0.4) is 0 Å². The number of carbonyl (C=O) groups excluding carboxylic acids is 2. The highest BCUT2D eigenvalue weighted by molar-refractivity contribution is 7.90. The molecule has 9 aromatic carbocycles. The normalized spacial score (nSPS) is 15.1. The lowest BCUT2D eigenvalue weighted by Gasteiger charge is -2.35.